The summed E-state index contributed by atoms with van der Waals surface area (Å²) in [6, 6.07) is 3.83. The van der Waals surface area contributed by atoms with E-state index >= 15 is 0 Å². The number of nitrogens with one attached hydrogen (secondary N) is 2. The Morgan fingerprint density at radius 3 is 2.21 bits per heavy atom. The summed E-state index contributed by atoms with van der Waals surface area (Å²) < 4.78 is 73.4. The number of sulfonamides is 1. The zero-order valence-electron chi connectivity index (χ0n) is 25.5. The van der Waals surface area contributed by atoms with Gasteiger partial charge in [-0.05, 0) is 70.9 Å². The number of aromatic nitrogens is 1. The third-order valence-corrected chi connectivity index (χ3v) is 9.37. The number of carbonyl (C=O) groups is 1. The molecule has 0 unspecified atom stereocenters. The maximum atomic E-state index is 14.4. The number of hydrogen-bond acceptors (Lipinski definition) is 5. The summed E-state index contributed by atoms with van der Waals surface area (Å²) in [4.78, 5) is 28.5. The van der Waals surface area contributed by atoms with Crippen molar-refractivity contribution in [1.82, 2.24) is 14.6 Å². The van der Waals surface area contributed by atoms with Gasteiger partial charge in [0.05, 0.1) is 26.7 Å². The van der Waals surface area contributed by atoms with Gasteiger partial charge in [0.15, 0.2) is 0 Å². The highest BCUT2D eigenvalue weighted by Crippen LogP contribution is 2.45. The van der Waals surface area contributed by atoms with Gasteiger partial charge < -0.3 is 9.88 Å². The predicted octanol–water partition coefficient (Wildman–Crippen LogP) is 6.99. The number of alkyl halides is 3. The van der Waals surface area contributed by atoms with E-state index in [1.165, 1.54) is 6.07 Å². The smallest absolute Gasteiger partial charge is 0.352 e. The zero-order valence-corrected chi connectivity index (χ0v) is 27.0. The molecule has 2 N–H and O–H groups in total. The number of halogens is 4. The van der Waals surface area contributed by atoms with Crippen molar-refractivity contribution in [2.45, 2.75) is 103 Å². The molecule has 1 aliphatic carbocycles. The number of benzene rings is 1. The van der Waals surface area contributed by atoms with Gasteiger partial charge in [-0.1, -0.05) is 50.8 Å². The molecule has 1 saturated carbocycles. The van der Waals surface area contributed by atoms with Gasteiger partial charge in [0.25, 0.3) is 5.91 Å². The molecular weight excluding hydrogens is 607 g/mol. The quantitative estimate of drug-likeness (QED) is 0.305. The Morgan fingerprint density at radius 1 is 1.12 bits per heavy atom. The van der Waals surface area contributed by atoms with Crippen LogP contribution in [-0.4, -0.2) is 37.1 Å². The molecule has 1 fully saturated rings. The maximum absolute atomic E-state index is 14.4. The third kappa shape index (κ3) is 9.93. The summed E-state index contributed by atoms with van der Waals surface area (Å²) in [6.07, 6.45) is 1.29. The highest BCUT2D eigenvalue weighted by molar-refractivity contribution is 7.89. The number of rotatable bonds is 9. The van der Waals surface area contributed by atoms with Gasteiger partial charge in [-0.25, -0.2) is 13.1 Å². The van der Waals surface area contributed by atoms with E-state index in [1.54, 1.807) is 33.8 Å². The number of nitrogens with zero attached hydrogens (tertiary/aromatic N) is 1. The van der Waals surface area contributed by atoms with E-state index in [1.807, 2.05) is 4.57 Å². The number of carbonyl (C=O) groups excluding carboxylic acids is 3. The van der Waals surface area contributed by atoms with E-state index < -0.39 is 37.2 Å². The molecule has 0 radical (unpaired) electrons. The molecule has 1 aromatic carbocycles. The van der Waals surface area contributed by atoms with E-state index in [9.17, 15) is 26.4 Å². The second kappa shape index (κ2) is 14.9. The lowest BCUT2D eigenvalue weighted by molar-refractivity contribution is -0.191. The van der Waals surface area contributed by atoms with Gasteiger partial charge in [0.1, 0.15) is 0 Å². The molecule has 1 amide bonds. The van der Waals surface area contributed by atoms with Crippen LogP contribution in [0.3, 0.4) is 0 Å². The molecule has 3 rings (SSSR count). The van der Waals surface area contributed by atoms with Crippen LogP contribution >= 0.6 is 11.6 Å². The van der Waals surface area contributed by atoms with Gasteiger partial charge in [-0.15, -0.1) is 0 Å². The lowest BCUT2D eigenvalue weighted by Gasteiger charge is -2.25. The molecule has 0 aliphatic heterocycles. The Morgan fingerprint density at radius 2 is 1.70 bits per heavy atom. The monoisotopic (exact) mass is 647 g/mol. The standard InChI is InChI=1S/C29H41ClF3N3O3S.CO2/c1-18(2)14-15-34-27(37)22-16-23(36(19(22)3)17-20-10-8-7-9-11-20)21-12-13-24(25(26(21)30)29(31,32)33)40(38,39)35-28(4,5)6;2-1-3/h12-13,16,18,20,35H,7-11,14-15,17H2,1-6H3,(H,34,37);. The average Bonchev–Trinajstić information content (AvgIpc) is 3.18. The summed E-state index contributed by atoms with van der Waals surface area (Å²) in [5, 5.41) is 2.21. The number of amides is 1. The van der Waals surface area contributed by atoms with Crippen molar-refractivity contribution in [3.8, 4) is 11.3 Å². The fourth-order valence-corrected chi connectivity index (χ4v) is 7.31. The molecule has 240 valence electrons. The van der Waals surface area contributed by atoms with E-state index in [0.717, 1.165) is 44.6 Å². The van der Waals surface area contributed by atoms with E-state index in [4.69, 9.17) is 21.2 Å². The Bertz CT molecular complexity index is 1420. The maximum Gasteiger partial charge on any atom is 0.419 e. The molecule has 0 spiro atoms. The van der Waals surface area contributed by atoms with Gasteiger partial charge >= 0.3 is 12.3 Å². The van der Waals surface area contributed by atoms with Crippen molar-refractivity contribution in [3.63, 3.8) is 0 Å². The van der Waals surface area contributed by atoms with E-state index in [0.29, 0.717) is 41.9 Å². The first-order valence-electron chi connectivity index (χ1n) is 14.3. The van der Waals surface area contributed by atoms with Gasteiger partial charge in [0, 0.05) is 29.9 Å². The molecule has 0 atom stereocenters. The molecule has 8 nitrogen and oxygen atoms in total. The van der Waals surface area contributed by atoms with Gasteiger partial charge in [-0.3, -0.25) is 4.79 Å². The minimum atomic E-state index is -5.04. The van der Waals surface area contributed by atoms with Crippen LogP contribution in [0.4, 0.5) is 13.2 Å². The molecule has 43 heavy (non-hydrogen) atoms. The minimum Gasteiger partial charge on any atom is -0.352 e. The SMILES string of the molecule is Cc1c(C(=O)NCCC(C)C)cc(-c2ccc(S(=O)(=O)NC(C)(C)C)c(C(F)(F)F)c2Cl)n1CC1CCCCC1.O=C=O. The van der Waals surface area contributed by atoms with Gasteiger partial charge in [-0.2, -0.15) is 22.8 Å². The molecule has 1 aromatic heterocycles. The van der Waals surface area contributed by atoms with Crippen molar-refractivity contribution >= 4 is 33.7 Å². The Kier molecular flexibility index (Phi) is 12.6. The highest BCUT2D eigenvalue weighted by Gasteiger charge is 2.42. The first-order valence-corrected chi connectivity index (χ1v) is 16.1. The van der Waals surface area contributed by atoms with Crippen LogP contribution in [0.5, 0.6) is 0 Å². The van der Waals surface area contributed by atoms with Crippen LogP contribution in [0.25, 0.3) is 11.3 Å². The van der Waals surface area contributed by atoms with Crippen molar-refractivity contribution in [2.75, 3.05) is 6.54 Å². The topological polar surface area (TPSA) is 114 Å². The lowest BCUT2D eigenvalue weighted by Crippen LogP contribution is -2.41. The normalized spacial score (nSPS) is 14.7. The number of hydrogen-bond donors (Lipinski definition) is 2. The second-order valence-corrected chi connectivity index (χ2v) is 14.3. The molecule has 0 bridgehead atoms. The van der Waals surface area contributed by atoms with Crippen LogP contribution in [-0.2, 0) is 32.3 Å². The van der Waals surface area contributed by atoms with Crippen LogP contribution in [0, 0.1) is 18.8 Å². The fourth-order valence-electron chi connectivity index (χ4n) is 5.23. The molecule has 0 saturated heterocycles. The average molecular weight is 648 g/mol. The first kappa shape index (κ1) is 36.5. The molecule has 2 aromatic rings. The summed E-state index contributed by atoms with van der Waals surface area (Å²) >= 11 is 6.46. The molecule has 1 aliphatic rings. The highest BCUT2D eigenvalue weighted by atomic mass is 35.5. The third-order valence-electron chi connectivity index (χ3n) is 7.18. The zero-order chi connectivity index (χ0) is 32.8. The Hall–Kier alpha value is -2.66. The summed E-state index contributed by atoms with van der Waals surface area (Å²) in [5.74, 6) is 0.407. The van der Waals surface area contributed by atoms with Gasteiger partial charge in [0.2, 0.25) is 10.0 Å². The summed E-state index contributed by atoms with van der Waals surface area (Å²) in [5.41, 5.74) is -1.03. The van der Waals surface area contributed by atoms with E-state index in [-0.39, 0.29) is 17.6 Å². The summed E-state index contributed by atoms with van der Waals surface area (Å²) in [7, 11) is -4.55. The minimum absolute atomic E-state index is 0.0313. The Labute approximate surface area is 256 Å². The molecule has 1 heterocycles. The first-order chi connectivity index (χ1) is 19.8. The van der Waals surface area contributed by atoms with E-state index in [2.05, 4.69) is 23.9 Å². The van der Waals surface area contributed by atoms with Crippen molar-refractivity contribution in [3.05, 3.63) is 40.0 Å². The molecule has 13 heteroatoms. The fraction of sp³-hybridized carbons (Fsp3) is 0.600. The van der Waals surface area contributed by atoms with Crippen molar-refractivity contribution in [2.24, 2.45) is 11.8 Å². The van der Waals surface area contributed by atoms with Crippen molar-refractivity contribution in [1.29, 1.82) is 0 Å². The largest absolute Gasteiger partial charge is 0.419 e. The van der Waals surface area contributed by atoms with Crippen LogP contribution in [0.2, 0.25) is 5.02 Å². The van der Waals surface area contributed by atoms with Crippen molar-refractivity contribution < 1.29 is 36.0 Å². The molecular formula is C30H41ClF3N3O5S. The Balaban J connectivity index is 0.00000206. The van der Waals surface area contributed by atoms with Crippen LogP contribution in [0.1, 0.15) is 94.8 Å². The lowest BCUT2D eigenvalue weighted by atomic mass is 9.89. The van der Waals surface area contributed by atoms with Crippen LogP contribution in [0.15, 0.2) is 23.1 Å². The predicted molar refractivity (Wildman–Crippen MR) is 158 cm³/mol. The second-order valence-electron chi connectivity index (χ2n) is 12.3. The summed E-state index contributed by atoms with van der Waals surface area (Å²) in [6.45, 7) is 11.5. The van der Waals surface area contributed by atoms with Crippen LogP contribution < -0.4 is 10.0 Å².